The van der Waals surface area contributed by atoms with Gasteiger partial charge in [-0.15, -0.1) is 0 Å². The zero-order valence-corrected chi connectivity index (χ0v) is 26.1. The smallest absolute Gasteiger partial charge is 0.258 e. The monoisotopic (exact) mass is 607 g/mol. The van der Waals surface area contributed by atoms with Crippen LogP contribution in [0.15, 0.2) is 103 Å². The maximum Gasteiger partial charge on any atom is 0.258 e. The maximum atomic E-state index is 13.8. The Balaban J connectivity index is 1.29. The minimum atomic E-state index is -0.378. The van der Waals surface area contributed by atoms with Crippen LogP contribution in [-0.4, -0.2) is 65.6 Å². The fraction of sp³-hybridized carbons (Fsp3) is 0.297. The normalized spacial score (nSPS) is 17.1. The lowest BCUT2D eigenvalue weighted by molar-refractivity contribution is -0.115. The van der Waals surface area contributed by atoms with Crippen LogP contribution in [0.2, 0.25) is 0 Å². The summed E-state index contributed by atoms with van der Waals surface area (Å²) in [6.07, 6.45) is -0.000431. The van der Waals surface area contributed by atoms with E-state index >= 15 is 0 Å². The molecule has 2 amide bonds. The minimum absolute atomic E-state index is 0.00884. The van der Waals surface area contributed by atoms with Gasteiger partial charge in [-0.2, -0.15) is 0 Å². The number of aliphatic hydroxyl groups excluding tert-OH is 1. The van der Waals surface area contributed by atoms with Crippen molar-refractivity contribution >= 4 is 17.5 Å². The van der Waals surface area contributed by atoms with Crippen molar-refractivity contribution in [3.05, 3.63) is 120 Å². The van der Waals surface area contributed by atoms with E-state index in [-0.39, 0.29) is 42.9 Å². The molecule has 8 heteroatoms. The van der Waals surface area contributed by atoms with Gasteiger partial charge in [-0.25, -0.2) is 0 Å². The summed E-state index contributed by atoms with van der Waals surface area (Å²) in [6.45, 7) is 5.50. The first-order chi connectivity index (χ1) is 21.8. The summed E-state index contributed by atoms with van der Waals surface area (Å²) in [5.41, 5.74) is 2.92. The summed E-state index contributed by atoms with van der Waals surface area (Å²) in [6, 6.07) is 32.1. The standard InChI is InChI=1S/C37H41N3O5/c1-26-22-40(27(2)25-41)37(43)33-21-30(38-36(42)20-28-10-6-4-7-11-28)16-19-34(33)45-35(26)24-39(3)23-29-14-17-32(18-15-29)44-31-12-8-5-9-13-31/h4-19,21,26-27,35,41H,20,22-25H2,1-3H3,(H,38,42)/t26-,27+,35+/m1/s1. The van der Waals surface area contributed by atoms with Crippen LogP contribution in [0.5, 0.6) is 17.2 Å². The number of hydrogen-bond donors (Lipinski definition) is 2. The highest BCUT2D eigenvalue weighted by molar-refractivity contribution is 6.00. The molecule has 0 spiro atoms. The quantitative estimate of drug-likeness (QED) is 0.217. The Morgan fingerprint density at radius 1 is 0.978 bits per heavy atom. The first-order valence-electron chi connectivity index (χ1n) is 15.4. The van der Waals surface area contributed by atoms with Gasteiger partial charge in [0, 0.05) is 31.2 Å². The zero-order valence-electron chi connectivity index (χ0n) is 26.1. The van der Waals surface area contributed by atoms with E-state index in [4.69, 9.17) is 9.47 Å². The number of nitrogens with one attached hydrogen (secondary N) is 1. The molecule has 2 N–H and O–H groups in total. The summed E-state index contributed by atoms with van der Waals surface area (Å²) >= 11 is 0. The average Bonchev–Trinajstić information content (AvgIpc) is 3.04. The van der Waals surface area contributed by atoms with Crippen LogP contribution in [0.3, 0.4) is 0 Å². The molecule has 0 aliphatic carbocycles. The molecule has 1 aliphatic heterocycles. The van der Waals surface area contributed by atoms with Crippen LogP contribution >= 0.6 is 0 Å². The number of anilines is 1. The molecule has 0 radical (unpaired) electrons. The summed E-state index contributed by atoms with van der Waals surface area (Å²) < 4.78 is 12.5. The largest absolute Gasteiger partial charge is 0.488 e. The lowest BCUT2D eigenvalue weighted by Gasteiger charge is -2.38. The van der Waals surface area contributed by atoms with Gasteiger partial charge in [-0.3, -0.25) is 14.5 Å². The number of para-hydroxylation sites is 1. The summed E-state index contributed by atoms with van der Waals surface area (Å²) in [5.74, 6) is 1.62. The van der Waals surface area contributed by atoms with Crippen LogP contribution in [0, 0.1) is 5.92 Å². The van der Waals surface area contributed by atoms with Gasteiger partial charge in [0.2, 0.25) is 5.91 Å². The topological polar surface area (TPSA) is 91.3 Å². The Labute approximate surface area is 265 Å². The number of aliphatic hydroxyl groups is 1. The van der Waals surface area contributed by atoms with Crippen LogP contribution < -0.4 is 14.8 Å². The molecule has 3 atom stereocenters. The molecule has 234 valence electrons. The van der Waals surface area contributed by atoms with E-state index < -0.39 is 0 Å². The summed E-state index contributed by atoms with van der Waals surface area (Å²) in [5, 5.41) is 12.9. The minimum Gasteiger partial charge on any atom is -0.488 e. The highest BCUT2D eigenvalue weighted by Gasteiger charge is 2.33. The number of ether oxygens (including phenoxy) is 2. The van der Waals surface area contributed by atoms with E-state index in [1.54, 1.807) is 23.1 Å². The molecule has 5 rings (SSSR count). The third-order valence-electron chi connectivity index (χ3n) is 8.00. The second-order valence-corrected chi connectivity index (χ2v) is 11.8. The molecule has 0 fully saturated rings. The number of carbonyl (C=O) groups is 2. The molecule has 1 aliphatic rings. The molecule has 0 aromatic heterocycles. The van der Waals surface area contributed by atoms with Gasteiger partial charge in [0.15, 0.2) is 0 Å². The van der Waals surface area contributed by atoms with Gasteiger partial charge in [-0.1, -0.05) is 67.6 Å². The van der Waals surface area contributed by atoms with Gasteiger partial charge in [-0.05, 0) is 67.6 Å². The van der Waals surface area contributed by atoms with Gasteiger partial charge in [0.25, 0.3) is 5.91 Å². The second kappa shape index (κ2) is 14.9. The molecule has 4 aromatic rings. The second-order valence-electron chi connectivity index (χ2n) is 11.8. The Bertz CT molecular complexity index is 1560. The summed E-state index contributed by atoms with van der Waals surface area (Å²) in [7, 11) is 2.05. The number of amides is 2. The van der Waals surface area contributed by atoms with E-state index in [1.807, 2.05) is 79.7 Å². The van der Waals surface area contributed by atoms with Gasteiger partial charge < -0.3 is 24.8 Å². The molecule has 0 saturated heterocycles. The van der Waals surface area contributed by atoms with Crippen molar-refractivity contribution in [3.8, 4) is 17.2 Å². The first kappa shape index (κ1) is 31.8. The summed E-state index contributed by atoms with van der Waals surface area (Å²) in [4.78, 5) is 30.4. The van der Waals surface area contributed by atoms with Crippen molar-refractivity contribution in [2.45, 2.75) is 39.0 Å². The highest BCUT2D eigenvalue weighted by atomic mass is 16.5. The fourth-order valence-corrected chi connectivity index (χ4v) is 5.48. The van der Waals surface area contributed by atoms with Crippen LogP contribution in [0.4, 0.5) is 5.69 Å². The molecule has 4 aromatic carbocycles. The SMILES string of the molecule is C[C@@H]1CN([C@@H](C)CO)C(=O)c2cc(NC(=O)Cc3ccccc3)ccc2O[C@H]1CN(C)Cc1ccc(Oc2ccccc2)cc1. The number of rotatable bonds is 11. The van der Waals surface area contributed by atoms with E-state index in [0.717, 1.165) is 22.6 Å². The average molecular weight is 608 g/mol. The number of benzene rings is 4. The molecule has 8 nitrogen and oxygen atoms in total. The van der Waals surface area contributed by atoms with Crippen LogP contribution in [0.25, 0.3) is 0 Å². The number of nitrogens with zero attached hydrogens (tertiary/aromatic N) is 2. The van der Waals surface area contributed by atoms with Gasteiger partial charge in [0.05, 0.1) is 24.6 Å². The van der Waals surface area contributed by atoms with E-state index in [2.05, 4.69) is 36.3 Å². The van der Waals surface area contributed by atoms with E-state index in [9.17, 15) is 14.7 Å². The van der Waals surface area contributed by atoms with Crippen molar-refractivity contribution in [1.82, 2.24) is 9.80 Å². The lowest BCUT2D eigenvalue weighted by Crippen LogP contribution is -2.49. The van der Waals surface area contributed by atoms with Crippen molar-refractivity contribution < 1.29 is 24.2 Å². The molecule has 0 unspecified atom stereocenters. The van der Waals surface area contributed by atoms with Gasteiger partial charge in [0.1, 0.15) is 23.4 Å². The molecule has 45 heavy (non-hydrogen) atoms. The molecular formula is C37H41N3O5. The maximum absolute atomic E-state index is 13.8. The number of fused-ring (bicyclic) bond motifs is 1. The third-order valence-corrected chi connectivity index (χ3v) is 8.00. The Morgan fingerprint density at radius 2 is 1.64 bits per heavy atom. The fourth-order valence-electron chi connectivity index (χ4n) is 5.48. The third kappa shape index (κ3) is 8.50. The number of likely N-dealkylation sites (N-methyl/N-ethyl adjacent to an activating group) is 1. The van der Waals surface area contributed by atoms with Crippen LogP contribution in [0.1, 0.15) is 35.3 Å². The Morgan fingerprint density at radius 3 is 2.33 bits per heavy atom. The molecular weight excluding hydrogens is 566 g/mol. The van der Waals surface area contributed by atoms with Crippen molar-refractivity contribution in [1.29, 1.82) is 0 Å². The predicted molar refractivity (Wildman–Crippen MR) is 176 cm³/mol. The van der Waals surface area contributed by atoms with Crippen LogP contribution in [-0.2, 0) is 17.8 Å². The highest BCUT2D eigenvalue weighted by Crippen LogP contribution is 2.31. The molecule has 0 saturated carbocycles. The van der Waals surface area contributed by atoms with E-state index in [1.165, 1.54) is 0 Å². The predicted octanol–water partition coefficient (Wildman–Crippen LogP) is 6.01. The first-order valence-corrected chi connectivity index (χ1v) is 15.4. The van der Waals surface area contributed by atoms with Crippen molar-refractivity contribution in [3.63, 3.8) is 0 Å². The molecule has 1 heterocycles. The van der Waals surface area contributed by atoms with E-state index in [0.29, 0.717) is 36.6 Å². The lowest BCUT2D eigenvalue weighted by atomic mass is 9.99. The Kier molecular flexibility index (Phi) is 10.5. The molecule has 0 bridgehead atoms. The number of carbonyl (C=O) groups excluding carboxylic acids is 2. The van der Waals surface area contributed by atoms with Crippen molar-refractivity contribution in [2.24, 2.45) is 5.92 Å². The number of hydrogen-bond acceptors (Lipinski definition) is 6. The van der Waals surface area contributed by atoms with Gasteiger partial charge >= 0.3 is 0 Å². The zero-order chi connectivity index (χ0) is 31.8. The van der Waals surface area contributed by atoms with Crippen molar-refractivity contribution in [2.75, 3.05) is 32.1 Å². The Hall–Kier alpha value is -4.66.